The second-order valence-corrected chi connectivity index (χ2v) is 7.54. The molecule has 0 aliphatic carbocycles. The fourth-order valence-electron chi connectivity index (χ4n) is 4.11. The van der Waals surface area contributed by atoms with E-state index in [1.54, 1.807) is 24.5 Å². The van der Waals surface area contributed by atoms with Crippen LogP contribution in [0, 0.1) is 5.82 Å². The van der Waals surface area contributed by atoms with Gasteiger partial charge < -0.3 is 4.90 Å². The van der Waals surface area contributed by atoms with Gasteiger partial charge in [-0.05, 0) is 48.2 Å². The number of benzene rings is 2. The summed E-state index contributed by atoms with van der Waals surface area (Å²) < 4.78 is 13.2. The molecule has 150 valence electrons. The Morgan fingerprint density at radius 2 is 1.90 bits per heavy atom. The minimum absolute atomic E-state index is 0.00133. The molecule has 7 heteroatoms. The number of hydrogen-bond acceptors (Lipinski definition) is 4. The van der Waals surface area contributed by atoms with Crippen molar-refractivity contribution in [3.63, 3.8) is 0 Å². The Kier molecular flexibility index (Phi) is 4.71. The number of likely N-dealkylation sites (tertiary alicyclic amines) is 1. The molecule has 0 bridgehead atoms. The third-order valence-corrected chi connectivity index (χ3v) is 5.62. The normalized spacial score (nSPS) is 16.7. The molecule has 1 fully saturated rings. The van der Waals surface area contributed by atoms with E-state index in [4.69, 9.17) is 0 Å². The van der Waals surface area contributed by atoms with E-state index in [-0.39, 0.29) is 17.6 Å². The van der Waals surface area contributed by atoms with Gasteiger partial charge >= 0.3 is 0 Å². The first-order valence-corrected chi connectivity index (χ1v) is 9.99. The van der Waals surface area contributed by atoms with Crippen LogP contribution in [0.5, 0.6) is 0 Å². The van der Waals surface area contributed by atoms with Gasteiger partial charge in [0.15, 0.2) is 5.65 Å². The second-order valence-electron chi connectivity index (χ2n) is 7.54. The number of nitrogens with one attached hydrogen (secondary N) is 1. The fourth-order valence-corrected chi connectivity index (χ4v) is 4.11. The van der Waals surface area contributed by atoms with Gasteiger partial charge in [-0.1, -0.05) is 24.3 Å². The minimum atomic E-state index is -0.277. The first-order valence-electron chi connectivity index (χ1n) is 9.99. The van der Waals surface area contributed by atoms with Crippen molar-refractivity contribution in [1.82, 2.24) is 25.1 Å². The lowest BCUT2D eigenvalue weighted by molar-refractivity contribution is 0.0706. The van der Waals surface area contributed by atoms with Gasteiger partial charge in [0, 0.05) is 37.0 Å². The molecule has 2 aromatic carbocycles. The standard InChI is InChI=1S/C23H20FN5O/c24-19-8-6-15(7-9-19)16-3-1-4-17(13-16)23(30)29-12-2-5-18(14-29)20-21-22(28-27-20)26-11-10-25-21/h1,3-4,6-11,13,18H,2,5,12,14H2,(H,26,27,28). The summed E-state index contributed by atoms with van der Waals surface area (Å²) in [5.41, 5.74) is 4.72. The van der Waals surface area contributed by atoms with Crippen molar-refractivity contribution < 1.29 is 9.18 Å². The van der Waals surface area contributed by atoms with Crippen LogP contribution in [0.1, 0.15) is 34.8 Å². The van der Waals surface area contributed by atoms with Crippen LogP contribution in [0.2, 0.25) is 0 Å². The monoisotopic (exact) mass is 401 g/mol. The van der Waals surface area contributed by atoms with E-state index < -0.39 is 0 Å². The Morgan fingerprint density at radius 1 is 1.07 bits per heavy atom. The molecule has 1 unspecified atom stereocenters. The van der Waals surface area contributed by atoms with Crippen molar-refractivity contribution in [3.05, 3.63) is 78.0 Å². The number of H-pyrrole nitrogens is 1. The fraction of sp³-hybridized carbons (Fsp3) is 0.217. The number of carbonyl (C=O) groups excluding carboxylic acids is 1. The summed E-state index contributed by atoms with van der Waals surface area (Å²) in [5.74, 6) is -0.135. The summed E-state index contributed by atoms with van der Waals surface area (Å²) in [6, 6.07) is 13.8. The van der Waals surface area contributed by atoms with Crippen LogP contribution >= 0.6 is 0 Å². The van der Waals surface area contributed by atoms with Crippen molar-refractivity contribution in [2.45, 2.75) is 18.8 Å². The minimum Gasteiger partial charge on any atom is -0.338 e. The van der Waals surface area contributed by atoms with E-state index >= 15 is 0 Å². The molecule has 0 spiro atoms. The largest absolute Gasteiger partial charge is 0.338 e. The van der Waals surface area contributed by atoms with Crippen LogP contribution in [0.15, 0.2) is 60.9 Å². The van der Waals surface area contributed by atoms with Crippen molar-refractivity contribution in [1.29, 1.82) is 0 Å². The van der Waals surface area contributed by atoms with Crippen LogP contribution < -0.4 is 0 Å². The van der Waals surface area contributed by atoms with E-state index in [0.717, 1.165) is 35.2 Å². The zero-order valence-corrected chi connectivity index (χ0v) is 16.3. The molecule has 0 radical (unpaired) electrons. The molecule has 1 aliphatic rings. The third-order valence-electron chi connectivity index (χ3n) is 5.62. The highest BCUT2D eigenvalue weighted by molar-refractivity contribution is 5.95. The maximum absolute atomic E-state index is 13.2. The molecule has 2 aromatic heterocycles. The molecule has 3 heterocycles. The second kappa shape index (κ2) is 7.67. The molecule has 30 heavy (non-hydrogen) atoms. The van der Waals surface area contributed by atoms with Gasteiger partial charge in [-0.25, -0.2) is 14.4 Å². The van der Waals surface area contributed by atoms with E-state index in [0.29, 0.717) is 24.3 Å². The summed E-state index contributed by atoms with van der Waals surface area (Å²) in [7, 11) is 0. The van der Waals surface area contributed by atoms with E-state index in [1.165, 1.54) is 12.1 Å². The molecular weight excluding hydrogens is 381 g/mol. The quantitative estimate of drug-likeness (QED) is 0.559. The van der Waals surface area contributed by atoms with Crippen LogP contribution in [0.4, 0.5) is 4.39 Å². The number of amides is 1. The number of nitrogens with zero attached hydrogens (tertiary/aromatic N) is 4. The van der Waals surface area contributed by atoms with E-state index in [1.807, 2.05) is 29.2 Å². The number of halogens is 1. The number of rotatable bonds is 3. The molecule has 5 rings (SSSR count). The topological polar surface area (TPSA) is 74.8 Å². The van der Waals surface area contributed by atoms with Crippen molar-refractivity contribution in [2.75, 3.05) is 13.1 Å². The predicted molar refractivity (Wildman–Crippen MR) is 111 cm³/mol. The summed E-state index contributed by atoms with van der Waals surface area (Å²) in [6.07, 6.45) is 5.16. The molecule has 1 aliphatic heterocycles. The lowest BCUT2D eigenvalue weighted by Gasteiger charge is -2.32. The van der Waals surface area contributed by atoms with E-state index in [9.17, 15) is 9.18 Å². The van der Waals surface area contributed by atoms with Gasteiger partial charge in [-0.15, -0.1) is 0 Å². The molecule has 4 aromatic rings. The number of aromatic amines is 1. The molecule has 1 amide bonds. The zero-order valence-electron chi connectivity index (χ0n) is 16.3. The molecular formula is C23H20FN5O. The smallest absolute Gasteiger partial charge is 0.253 e. The lowest BCUT2D eigenvalue weighted by atomic mass is 9.93. The summed E-state index contributed by atoms with van der Waals surface area (Å²) >= 11 is 0. The highest BCUT2D eigenvalue weighted by atomic mass is 19.1. The van der Waals surface area contributed by atoms with Crippen molar-refractivity contribution >= 4 is 17.1 Å². The Morgan fingerprint density at radius 3 is 2.77 bits per heavy atom. The third kappa shape index (κ3) is 3.43. The van der Waals surface area contributed by atoms with Gasteiger partial charge in [-0.3, -0.25) is 9.89 Å². The van der Waals surface area contributed by atoms with Crippen LogP contribution in [-0.4, -0.2) is 44.1 Å². The first kappa shape index (κ1) is 18.4. The molecule has 0 saturated carbocycles. The number of carbonyl (C=O) groups is 1. The Labute approximate surface area is 172 Å². The van der Waals surface area contributed by atoms with Gasteiger partial charge in [-0.2, -0.15) is 5.10 Å². The van der Waals surface area contributed by atoms with Gasteiger partial charge in [0.05, 0.1) is 5.69 Å². The highest BCUT2D eigenvalue weighted by Crippen LogP contribution is 2.30. The van der Waals surface area contributed by atoms with Gasteiger partial charge in [0.2, 0.25) is 0 Å². The van der Waals surface area contributed by atoms with Crippen LogP contribution in [-0.2, 0) is 0 Å². The zero-order chi connectivity index (χ0) is 20.5. The summed E-state index contributed by atoms with van der Waals surface area (Å²) in [5, 5.41) is 7.32. The molecule has 1 atom stereocenters. The number of aromatic nitrogens is 4. The average molecular weight is 401 g/mol. The predicted octanol–water partition coefficient (Wildman–Crippen LogP) is 4.18. The Bertz CT molecular complexity index is 1200. The Hall–Kier alpha value is -3.61. The van der Waals surface area contributed by atoms with Gasteiger partial charge in [0.1, 0.15) is 11.3 Å². The van der Waals surface area contributed by atoms with E-state index in [2.05, 4.69) is 20.2 Å². The number of piperidine rings is 1. The molecule has 1 N–H and O–H groups in total. The number of hydrogen-bond donors (Lipinski definition) is 1. The summed E-state index contributed by atoms with van der Waals surface area (Å²) in [6.45, 7) is 1.32. The van der Waals surface area contributed by atoms with Crippen molar-refractivity contribution in [2.24, 2.45) is 0 Å². The van der Waals surface area contributed by atoms with Crippen LogP contribution in [0.3, 0.4) is 0 Å². The SMILES string of the molecule is O=C(c1cccc(-c2ccc(F)cc2)c1)N1CCCC(c2[nH]nc3nccnc23)C1. The maximum Gasteiger partial charge on any atom is 0.253 e. The Balaban J connectivity index is 1.38. The first-order chi connectivity index (χ1) is 14.7. The molecule has 6 nitrogen and oxygen atoms in total. The average Bonchev–Trinajstić information content (AvgIpc) is 3.23. The van der Waals surface area contributed by atoms with Gasteiger partial charge in [0.25, 0.3) is 5.91 Å². The molecule has 1 saturated heterocycles. The van der Waals surface area contributed by atoms with Crippen molar-refractivity contribution in [3.8, 4) is 11.1 Å². The van der Waals surface area contributed by atoms with Crippen LogP contribution in [0.25, 0.3) is 22.3 Å². The number of fused-ring (bicyclic) bond motifs is 1. The summed E-state index contributed by atoms with van der Waals surface area (Å²) in [4.78, 5) is 23.8. The maximum atomic E-state index is 13.2. The highest BCUT2D eigenvalue weighted by Gasteiger charge is 2.28. The lowest BCUT2D eigenvalue weighted by Crippen LogP contribution is -2.39.